The topological polar surface area (TPSA) is 60.7 Å². The third-order valence-corrected chi connectivity index (χ3v) is 7.68. The van der Waals surface area contributed by atoms with Crippen LogP contribution in [0, 0.1) is 0 Å². The molecule has 0 radical (unpaired) electrons. The molecule has 0 saturated carbocycles. The summed E-state index contributed by atoms with van der Waals surface area (Å²) in [4.78, 5) is 33.0. The minimum Gasteiger partial charge on any atom is -0.456 e. The van der Waals surface area contributed by atoms with Crippen LogP contribution < -0.4 is 5.56 Å². The third kappa shape index (κ3) is 3.02. The highest BCUT2D eigenvalue weighted by molar-refractivity contribution is 7.17. The first-order valence-electron chi connectivity index (χ1n) is 9.50. The molecule has 5 rings (SSSR count). The van der Waals surface area contributed by atoms with Crippen molar-refractivity contribution in [2.75, 3.05) is 0 Å². The maximum Gasteiger partial charge on any atom is 0.339 e. The van der Waals surface area contributed by atoms with Crippen LogP contribution in [0.25, 0.3) is 4.96 Å². The Morgan fingerprint density at radius 3 is 2.78 bits per heavy atom. The van der Waals surface area contributed by atoms with E-state index in [1.165, 1.54) is 28.7 Å². The van der Waals surface area contributed by atoms with Gasteiger partial charge in [0.2, 0.25) is 0 Å². The number of thiazole rings is 1. The fourth-order valence-corrected chi connectivity index (χ4v) is 6.45. The number of aryl methyl sites for hydroxylation is 3. The number of aromatic nitrogens is 2. The minimum atomic E-state index is -0.304. The molecule has 140 valence electrons. The number of carbonyl (C=O) groups excluding carboxylic acids is 1. The van der Waals surface area contributed by atoms with Gasteiger partial charge in [0, 0.05) is 26.9 Å². The van der Waals surface area contributed by atoms with Crippen molar-refractivity contribution in [3.05, 3.63) is 54.1 Å². The second kappa shape index (κ2) is 6.87. The van der Waals surface area contributed by atoms with Gasteiger partial charge in [-0.25, -0.2) is 9.78 Å². The number of fused-ring (bicyclic) bond motifs is 4. The molecule has 0 amide bonds. The molecule has 0 fully saturated rings. The van der Waals surface area contributed by atoms with E-state index in [1.54, 1.807) is 27.1 Å². The number of esters is 1. The number of hydrogen-bond donors (Lipinski definition) is 0. The fraction of sp³-hybridized carbons (Fsp3) is 0.450. The van der Waals surface area contributed by atoms with Crippen LogP contribution in [0.5, 0.6) is 0 Å². The largest absolute Gasteiger partial charge is 0.456 e. The van der Waals surface area contributed by atoms with Crippen molar-refractivity contribution in [2.24, 2.45) is 0 Å². The quantitative estimate of drug-likeness (QED) is 0.625. The van der Waals surface area contributed by atoms with Crippen molar-refractivity contribution in [2.45, 2.75) is 58.0 Å². The van der Waals surface area contributed by atoms with Gasteiger partial charge < -0.3 is 4.74 Å². The van der Waals surface area contributed by atoms with Crippen molar-refractivity contribution >= 4 is 33.6 Å². The van der Waals surface area contributed by atoms with Gasteiger partial charge in [-0.3, -0.25) is 9.20 Å². The minimum absolute atomic E-state index is 0.0394. The zero-order chi connectivity index (χ0) is 18.4. The molecule has 0 unspecified atom stereocenters. The molecular weight excluding hydrogens is 380 g/mol. The molecule has 0 spiro atoms. The van der Waals surface area contributed by atoms with E-state index < -0.39 is 0 Å². The van der Waals surface area contributed by atoms with E-state index in [0.717, 1.165) is 49.8 Å². The number of nitrogens with zero attached hydrogens (tertiary/aromatic N) is 2. The number of carbonyl (C=O) groups is 1. The summed E-state index contributed by atoms with van der Waals surface area (Å²) in [6.45, 7) is 0.0394. The molecule has 0 saturated heterocycles. The smallest absolute Gasteiger partial charge is 0.339 e. The van der Waals surface area contributed by atoms with E-state index in [2.05, 4.69) is 4.98 Å². The summed E-state index contributed by atoms with van der Waals surface area (Å²) in [7, 11) is 0. The molecule has 2 aliphatic carbocycles. The van der Waals surface area contributed by atoms with Crippen molar-refractivity contribution in [3.63, 3.8) is 0 Å². The first kappa shape index (κ1) is 17.1. The van der Waals surface area contributed by atoms with E-state index >= 15 is 0 Å². The first-order chi connectivity index (χ1) is 13.2. The van der Waals surface area contributed by atoms with Gasteiger partial charge in [-0.05, 0) is 56.9 Å². The highest BCUT2D eigenvalue weighted by atomic mass is 32.1. The third-order valence-electron chi connectivity index (χ3n) is 5.45. The van der Waals surface area contributed by atoms with Crippen molar-refractivity contribution in [3.8, 4) is 0 Å². The van der Waals surface area contributed by atoms with Crippen LogP contribution in [0.1, 0.15) is 62.7 Å². The van der Waals surface area contributed by atoms with E-state index in [4.69, 9.17) is 4.74 Å². The van der Waals surface area contributed by atoms with Crippen LogP contribution in [-0.2, 0) is 37.0 Å². The number of ether oxygens (including phenoxy) is 1. The lowest BCUT2D eigenvalue weighted by Gasteiger charge is -2.12. The second-order valence-electron chi connectivity index (χ2n) is 7.22. The maximum atomic E-state index is 12.6. The maximum absolute atomic E-state index is 12.6. The summed E-state index contributed by atoms with van der Waals surface area (Å²) in [6, 6.07) is 1.50. The lowest BCUT2D eigenvalue weighted by atomic mass is 9.96. The molecule has 0 atom stereocenters. The molecular formula is C20H20N2O3S2. The van der Waals surface area contributed by atoms with Gasteiger partial charge in [-0.15, -0.1) is 22.7 Å². The molecule has 3 heterocycles. The Bertz CT molecular complexity index is 1090. The molecule has 0 bridgehead atoms. The van der Waals surface area contributed by atoms with Crippen LogP contribution in [-0.4, -0.2) is 15.4 Å². The van der Waals surface area contributed by atoms with Crippen LogP contribution in [0.3, 0.4) is 0 Å². The van der Waals surface area contributed by atoms with E-state index in [0.29, 0.717) is 16.2 Å². The van der Waals surface area contributed by atoms with Crippen molar-refractivity contribution in [1.82, 2.24) is 9.38 Å². The Kier molecular flexibility index (Phi) is 4.36. The number of hydrogen-bond acceptors (Lipinski definition) is 6. The summed E-state index contributed by atoms with van der Waals surface area (Å²) >= 11 is 3.25. The number of thiophene rings is 1. The van der Waals surface area contributed by atoms with Gasteiger partial charge in [0.05, 0.1) is 11.3 Å². The average molecular weight is 401 g/mol. The van der Waals surface area contributed by atoms with Crippen LogP contribution in [0.4, 0.5) is 0 Å². The number of rotatable bonds is 3. The van der Waals surface area contributed by atoms with Crippen LogP contribution >= 0.6 is 22.7 Å². The fourth-order valence-electron chi connectivity index (χ4n) is 4.10. The zero-order valence-corrected chi connectivity index (χ0v) is 16.6. The summed E-state index contributed by atoms with van der Waals surface area (Å²) < 4.78 is 7.24. The Hall–Kier alpha value is -1.99. The Balaban J connectivity index is 1.38. The SMILES string of the molecule is O=C(OCc1cc(=O)n2c3c(sc2n1)CCCC3)c1csc2c1CCCC2. The highest BCUT2D eigenvalue weighted by Gasteiger charge is 2.22. The van der Waals surface area contributed by atoms with Gasteiger partial charge >= 0.3 is 5.97 Å². The van der Waals surface area contributed by atoms with Crippen LogP contribution in [0.15, 0.2) is 16.2 Å². The van der Waals surface area contributed by atoms with Gasteiger partial charge in [0.1, 0.15) is 6.61 Å². The molecule has 0 aromatic carbocycles. The predicted octanol–water partition coefficient (Wildman–Crippen LogP) is 3.93. The van der Waals surface area contributed by atoms with Crippen molar-refractivity contribution in [1.29, 1.82) is 0 Å². The molecule has 2 aliphatic rings. The average Bonchev–Trinajstić information content (AvgIpc) is 3.27. The standard InChI is InChI=1S/C20H20N2O3S2/c23-18-9-12(21-20-22(18)15-6-2-4-8-17(15)27-20)10-25-19(24)14-11-26-16-7-3-1-5-13(14)16/h9,11H,1-8,10H2. The van der Waals surface area contributed by atoms with Gasteiger partial charge in [-0.2, -0.15) is 0 Å². The van der Waals surface area contributed by atoms with Gasteiger partial charge in [0.25, 0.3) is 5.56 Å². The lowest BCUT2D eigenvalue weighted by Crippen LogP contribution is -2.18. The summed E-state index contributed by atoms with van der Waals surface area (Å²) in [6.07, 6.45) is 8.59. The Morgan fingerprint density at radius 2 is 1.89 bits per heavy atom. The van der Waals surface area contributed by atoms with E-state index in [-0.39, 0.29) is 18.1 Å². The normalized spacial score (nSPS) is 16.1. The Morgan fingerprint density at radius 1 is 1.11 bits per heavy atom. The molecule has 3 aromatic rings. The molecule has 3 aromatic heterocycles. The van der Waals surface area contributed by atoms with E-state index in [9.17, 15) is 9.59 Å². The zero-order valence-electron chi connectivity index (χ0n) is 15.0. The first-order valence-corrected chi connectivity index (χ1v) is 11.2. The molecule has 27 heavy (non-hydrogen) atoms. The molecule has 7 heteroatoms. The summed E-state index contributed by atoms with van der Waals surface area (Å²) in [5.74, 6) is -0.304. The van der Waals surface area contributed by atoms with Crippen LogP contribution in [0.2, 0.25) is 0 Å². The van der Waals surface area contributed by atoms with Crippen molar-refractivity contribution < 1.29 is 9.53 Å². The predicted molar refractivity (Wildman–Crippen MR) is 106 cm³/mol. The van der Waals surface area contributed by atoms with E-state index in [1.807, 2.05) is 5.38 Å². The molecule has 0 aliphatic heterocycles. The van der Waals surface area contributed by atoms with Gasteiger partial charge in [0.15, 0.2) is 4.96 Å². The van der Waals surface area contributed by atoms with Gasteiger partial charge in [-0.1, -0.05) is 0 Å². The molecule has 0 N–H and O–H groups in total. The second-order valence-corrected chi connectivity index (χ2v) is 9.24. The summed E-state index contributed by atoms with van der Waals surface area (Å²) in [5.41, 5.74) is 3.42. The lowest BCUT2D eigenvalue weighted by molar-refractivity contribution is 0.0467. The molecule has 5 nitrogen and oxygen atoms in total. The highest BCUT2D eigenvalue weighted by Crippen LogP contribution is 2.31. The Labute approximate surface area is 164 Å². The monoisotopic (exact) mass is 400 g/mol. The summed E-state index contributed by atoms with van der Waals surface area (Å²) in [5, 5.41) is 1.91.